The van der Waals surface area contributed by atoms with Gasteiger partial charge in [-0.3, -0.25) is 9.78 Å². The van der Waals surface area contributed by atoms with E-state index in [1.807, 2.05) is 43.5 Å². The van der Waals surface area contributed by atoms with Crippen LogP contribution in [0.15, 0.2) is 60.9 Å². The van der Waals surface area contributed by atoms with E-state index in [2.05, 4.69) is 11.1 Å². The Labute approximate surface area is 135 Å². The van der Waals surface area contributed by atoms with Crippen molar-refractivity contribution in [2.75, 3.05) is 0 Å². The lowest BCUT2D eigenvalue weighted by Gasteiger charge is -2.17. The molecule has 0 fully saturated rings. The molecule has 3 nitrogen and oxygen atoms in total. The highest BCUT2D eigenvalue weighted by Gasteiger charge is 2.18. The molecule has 1 unspecified atom stereocenters. The average molecular weight is 305 g/mol. The van der Waals surface area contributed by atoms with Crippen molar-refractivity contribution in [3.63, 3.8) is 0 Å². The standard InChI is InChI=1S/C20H19NO2/c1-2-18(22)12-20(17-4-3-9-21-13-17)16-6-5-15-11-19(23)8-7-14(15)10-16/h3-11,13,20,23H,2,12H2,1H3. The summed E-state index contributed by atoms with van der Waals surface area (Å²) in [7, 11) is 0. The minimum atomic E-state index is 0.00866. The van der Waals surface area contributed by atoms with Crippen LogP contribution in [-0.4, -0.2) is 15.9 Å². The van der Waals surface area contributed by atoms with Crippen LogP contribution in [-0.2, 0) is 4.79 Å². The van der Waals surface area contributed by atoms with E-state index in [4.69, 9.17) is 0 Å². The zero-order chi connectivity index (χ0) is 16.2. The molecule has 116 valence electrons. The van der Waals surface area contributed by atoms with E-state index in [1.54, 1.807) is 18.3 Å². The van der Waals surface area contributed by atoms with Crippen LogP contribution in [0.4, 0.5) is 0 Å². The van der Waals surface area contributed by atoms with Crippen molar-refractivity contribution in [2.24, 2.45) is 0 Å². The number of phenols is 1. The summed E-state index contributed by atoms with van der Waals surface area (Å²) < 4.78 is 0. The summed E-state index contributed by atoms with van der Waals surface area (Å²) in [6.07, 6.45) is 4.59. The predicted octanol–water partition coefficient (Wildman–Crippen LogP) is 4.44. The van der Waals surface area contributed by atoms with Gasteiger partial charge in [-0.25, -0.2) is 0 Å². The van der Waals surface area contributed by atoms with Crippen LogP contribution in [0.2, 0.25) is 0 Å². The molecule has 1 heterocycles. The highest BCUT2D eigenvalue weighted by molar-refractivity contribution is 5.85. The zero-order valence-electron chi connectivity index (χ0n) is 13.1. The maximum Gasteiger partial charge on any atom is 0.133 e. The van der Waals surface area contributed by atoms with Crippen molar-refractivity contribution >= 4 is 16.6 Å². The van der Waals surface area contributed by atoms with Gasteiger partial charge in [0.05, 0.1) is 0 Å². The second-order valence-corrected chi connectivity index (χ2v) is 5.73. The molecule has 1 aromatic heterocycles. The lowest BCUT2D eigenvalue weighted by molar-refractivity contribution is -0.118. The van der Waals surface area contributed by atoms with Crippen LogP contribution in [0.25, 0.3) is 10.8 Å². The molecule has 0 saturated carbocycles. The van der Waals surface area contributed by atoms with Gasteiger partial charge in [0.25, 0.3) is 0 Å². The first kappa shape index (κ1) is 15.2. The number of aromatic nitrogens is 1. The number of Topliss-reactive ketones (excluding diaryl/α,β-unsaturated/α-hetero) is 1. The number of fused-ring (bicyclic) bond motifs is 1. The summed E-state index contributed by atoms with van der Waals surface area (Å²) >= 11 is 0. The van der Waals surface area contributed by atoms with Gasteiger partial charge in [0.2, 0.25) is 0 Å². The number of hydrogen-bond acceptors (Lipinski definition) is 3. The Bertz CT molecular complexity index is 827. The number of carbonyl (C=O) groups is 1. The summed E-state index contributed by atoms with van der Waals surface area (Å²) in [5.41, 5.74) is 2.14. The lowest BCUT2D eigenvalue weighted by atomic mass is 9.86. The van der Waals surface area contributed by atoms with E-state index in [-0.39, 0.29) is 17.5 Å². The monoisotopic (exact) mass is 305 g/mol. The fraction of sp³-hybridized carbons (Fsp3) is 0.200. The Kier molecular flexibility index (Phi) is 4.38. The molecule has 0 bridgehead atoms. The van der Waals surface area contributed by atoms with Gasteiger partial charge in [0.15, 0.2) is 0 Å². The topological polar surface area (TPSA) is 50.2 Å². The number of hydrogen-bond donors (Lipinski definition) is 1. The van der Waals surface area contributed by atoms with Crippen LogP contribution in [0, 0.1) is 0 Å². The second kappa shape index (κ2) is 6.61. The van der Waals surface area contributed by atoms with E-state index in [9.17, 15) is 9.90 Å². The molecule has 0 aliphatic heterocycles. The number of nitrogens with zero attached hydrogens (tertiary/aromatic N) is 1. The summed E-state index contributed by atoms with van der Waals surface area (Å²) in [5, 5.41) is 11.6. The third-order valence-corrected chi connectivity index (χ3v) is 4.16. The summed E-state index contributed by atoms with van der Waals surface area (Å²) in [6, 6.07) is 15.4. The van der Waals surface area contributed by atoms with Crippen molar-refractivity contribution in [1.82, 2.24) is 4.98 Å². The Morgan fingerprint density at radius 1 is 1.09 bits per heavy atom. The van der Waals surface area contributed by atoms with Gasteiger partial charge in [0.1, 0.15) is 11.5 Å². The highest BCUT2D eigenvalue weighted by Crippen LogP contribution is 2.31. The van der Waals surface area contributed by atoms with Crippen LogP contribution >= 0.6 is 0 Å². The summed E-state index contributed by atoms with van der Waals surface area (Å²) in [5.74, 6) is 0.509. The predicted molar refractivity (Wildman–Crippen MR) is 91.6 cm³/mol. The minimum absolute atomic E-state index is 0.00866. The molecule has 0 saturated heterocycles. The molecule has 0 radical (unpaired) electrons. The van der Waals surface area contributed by atoms with Crippen LogP contribution in [0.1, 0.15) is 36.8 Å². The molecule has 3 heteroatoms. The van der Waals surface area contributed by atoms with Crippen LogP contribution in [0.5, 0.6) is 5.75 Å². The first-order valence-electron chi connectivity index (χ1n) is 7.81. The number of ketones is 1. The van der Waals surface area contributed by atoms with Crippen molar-refractivity contribution < 1.29 is 9.90 Å². The van der Waals surface area contributed by atoms with Gasteiger partial charge in [-0.2, -0.15) is 0 Å². The highest BCUT2D eigenvalue weighted by atomic mass is 16.3. The van der Waals surface area contributed by atoms with E-state index < -0.39 is 0 Å². The van der Waals surface area contributed by atoms with Gasteiger partial charge in [-0.1, -0.05) is 37.3 Å². The smallest absolute Gasteiger partial charge is 0.133 e. The van der Waals surface area contributed by atoms with Gasteiger partial charge in [-0.05, 0) is 40.1 Å². The molecule has 0 aliphatic rings. The Morgan fingerprint density at radius 3 is 2.61 bits per heavy atom. The quantitative estimate of drug-likeness (QED) is 0.758. The first-order valence-corrected chi connectivity index (χ1v) is 7.81. The number of pyridine rings is 1. The lowest BCUT2D eigenvalue weighted by Crippen LogP contribution is -2.08. The van der Waals surface area contributed by atoms with Crippen LogP contribution < -0.4 is 0 Å². The van der Waals surface area contributed by atoms with Crippen LogP contribution in [0.3, 0.4) is 0 Å². The second-order valence-electron chi connectivity index (χ2n) is 5.73. The normalized spacial score (nSPS) is 12.2. The number of aromatic hydroxyl groups is 1. The largest absolute Gasteiger partial charge is 0.508 e. The third kappa shape index (κ3) is 3.39. The van der Waals surface area contributed by atoms with Gasteiger partial charge < -0.3 is 5.11 Å². The van der Waals surface area contributed by atoms with Crippen molar-refractivity contribution in [1.29, 1.82) is 0 Å². The fourth-order valence-corrected chi connectivity index (χ4v) is 2.85. The molecule has 1 atom stereocenters. The molecule has 2 aromatic carbocycles. The van der Waals surface area contributed by atoms with E-state index >= 15 is 0 Å². The third-order valence-electron chi connectivity index (χ3n) is 4.16. The molecule has 1 N–H and O–H groups in total. The number of carbonyl (C=O) groups excluding carboxylic acids is 1. The van der Waals surface area contributed by atoms with Crippen molar-refractivity contribution in [3.8, 4) is 5.75 Å². The molecule has 0 amide bonds. The SMILES string of the molecule is CCC(=O)CC(c1cccnc1)c1ccc2cc(O)ccc2c1. The molecule has 3 rings (SSSR count). The van der Waals surface area contributed by atoms with Gasteiger partial charge in [0, 0.05) is 31.2 Å². The van der Waals surface area contributed by atoms with Gasteiger partial charge >= 0.3 is 0 Å². The molecular formula is C20H19NO2. The summed E-state index contributed by atoms with van der Waals surface area (Å²) in [6.45, 7) is 1.89. The number of benzene rings is 2. The average Bonchev–Trinajstić information content (AvgIpc) is 2.59. The van der Waals surface area contributed by atoms with Crippen molar-refractivity contribution in [2.45, 2.75) is 25.7 Å². The maximum absolute atomic E-state index is 12.0. The van der Waals surface area contributed by atoms with Gasteiger partial charge in [-0.15, -0.1) is 0 Å². The Balaban J connectivity index is 2.05. The molecule has 0 spiro atoms. The Hall–Kier alpha value is -2.68. The van der Waals surface area contributed by atoms with E-state index in [0.29, 0.717) is 12.8 Å². The minimum Gasteiger partial charge on any atom is -0.508 e. The summed E-state index contributed by atoms with van der Waals surface area (Å²) in [4.78, 5) is 16.2. The maximum atomic E-state index is 12.0. The van der Waals surface area contributed by atoms with E-state index in [1.165, 1.54) is 0 Å². The molecule has 3 aromatic rings. The first-order chi connectivity index (χ1) is 11.2. The fourth-order valence-electron chi connectivity index (χ4n) is 2.85. The van der Waals surface area contributed by atoms with E-state index in [0.717, 1.165) is 21.9 Å². The van der Waals surface area contributed by atoms with Crippen molar-refractivity contribution in [3.05, 3.63) is 72.1 Å². The zero-order valence-corrected chi connectivity index (χ0v) is 13.1. The molecule has 0 aliphatic carbocycles. The molecule has 23 heavy (non-hydrogen) atoms. The Morgan fingerprint density at radius 2 is 1.87 bits per heavy atom. The molecular weight excluding hydrogens is 286 g/mol. The number of phenolic OH excluding ortho intramolecular Hbond substituents is 1. The number of rotatable bonds is 5.